The van der Waals surface area contributed by atoms with Crippen LogP contribution in [0.1, 0.15) is 25.7 Å². The van der Waals surface area contributed by atoms with E-state index in [0.717, 1.165) is 47.2 Å². The molecule has 6 heteroatoms. The molecule has 0 atom stereocenters. The second kappa shape index (κ2) is 4.15. The Balaban J connectivity index is 1.75. The molecule has 2 heterocycles. The molecule has 1 aromatic heterocycles. The summed E-state index contributed by atoms with van der Waals surface area (Å²) in [4.78, 5) is 0. The van der Waals surface area contributed by atoms with Crippen molar-refractivity contribution in [3.8, 4) is 22.8 Å². The first kappa shape index (κ1) is 12.1. The summed E-state index contributed by atoms with van der Waals surface area (Å²) in [5.41, 5.74) is 6.45. The zero-order chi connectivity index (χ0) is 13.7. The fraction of sp³-hybridized carbons (Fsp3) is 0.357. The van der Waals surface area contributed by atoms with Crippen LogP contribution in [0.4, 0.5) is 5.82 Å². The van der Waals surface area contributed by atoms with Crippen LogP contribution >= 0.6 is 15.9 Å². The number of nitrogen functional groups attached to an aromatic ring is 1. The lowest BCUT2D eigenvalue weighted by atomic mass is 10.1. The molecule has 1 aromatic carbocycles. The molecule has 1 saturated carbocycles. The lowest BCUT2D eigenvalue weighted by molar-refractivity contribution is -0.0716. The molecule has 5 nitrogen and oxygen atoms in total. The topological polar surface area (TPSA) is 70.5 Å². The molecular weight excluding hydrogens is 324 g/mol. The number of rotatable bonds is 1. The van der Waals surface area contributed by atoms with Gasteiger partial charge in [-0.1, -0.05) is 5.16 Å². The number of nitrogens with zero attached hydrogens (tertiary/aromatic N) is 1. The van der Waals surface area contributed by atoms with Crippen LogP contribution in [0.15, 0.2) is 27.2 Å². The lowest BCUT2D eigenvalue weighted by Gasteiger charge is -2.21. The average molecular weight is 337 g/mol. The van der Waals surface area contributed by atoms with Gasteiger partial charge in [-0.15, -0.1) is 0 Å². The number of hydrogen-bond donors (Lipinski definition) is 1. The van der Waals surface area contributed by atoms with Crippen LogP contribution in [0.5, 0.6) is 11.5 Å². The highest BCUT2D eigenvalue weighted by Crippen LogP contribution is 2.49. The van der Waals surface area contributed by atoms with Crippen LogP contribution in [0.3, 0.4) is 0 Å². The van der Waals surface area contributed by atoms with E-state index >= 15 is 0 Å². The van der Waals surface area contributed by atoms with Gasteiger partial charge in [0.15, 0.2) is 23.1 Å². The van der Waals surface area contributed by atoms with Crippen LogP contribution in [0, 0.1) is 0 Å². The Hall–Kier alpha value is -1.69. The minimum absolute atomic E-state index is 0.358. The Morgan fingerprint density at radius 2 is 1.80 bits per heavy atom. The molecule has 0 unspecified atom stereocenters. The summed E-state index contributed by atoms with van der Waals surface area (Å²) in [5.74, 6) is 2.03. The maximum absolute atomic E-state index is 6.04. The second-order valence-electron chi connectivity index (χ2n) is 5.22. The summed E-state index contributed by atoms with van der Waals surface area (Å²) in [6.07, 6.45) is 4.15. The number of aromatic nitrogens is 1. The van der Waals surface area contributed by atoms with E-state index < -0.39 is 5.79 Å². The Morgan fingerprint density at radius 1 is 1.10 bits per heavy atom. The predicted molar refractivity (Wildman–Crippen MR) is 76.5 cm³/mol. The average Bonchev–Trinajstić information content (AvgIpc) is 3.10. The van der Waals surface area contributed by atoms with Crippen molar-refractivity contribution in [1.82, 2.24) is 5.16 Å². The molecule has 2 N–H and O–H groups in total. The third-order valence-corrected chi connectivity index (χ3v) is 4.44. The second-order valence-corrected chi connectivity index (χ2v) is 6.07. The molecule has 0 radical (unpaired) electrons. The highest BCUT2D eigenvalue weighted by molar-refractivity contribution is 9.10. The van der Waals surface area contributed by atoms with E-state index in [4.69, 9.17) is 19.7 Å². The highest BCUT2D eigenvalue weighted by Gasteiger charge is 2.44. The zero-order valence-corrected chi connectivity index (χ0v) is 12.3. The van der Waals surface area contributed by atoms with Gasteiger partial charge in [0.2, 0.25) is 0 Å². The number of anilines is 1. The molecule has 1 spiro atoms. The minimum Gasteiger partial charge on any atom is -0.448 e. The van der Waals surface area contributed by atoms with Gasteiger partial charge in [0.25, 0.3) is 5.79 Å². The SMILES string of the molecule is Nc1cc(-c2cc3c(cc2Br)OC2(CCCC2)O3)on1. The normalized spacial score (nSPS) is 18.9. The van der Waals surface area contributed by atoms with E-state index in [0.29, 0.717) is 11.6 Å². The van der Waals surface area contributed by atoms with E-state index in [-0.39, 0.29) is 0 Å². The Kier molecular flexibility index (Phi) is 2.51. The first-order valence-electron chi connectivity index (χ1n) is 6.59. The van der Waals surface area contributed by atoms with E-state index in [2.05, 4.69) is 21.1 Å². The molecule has 1 fully saturated rings. The monoisotopic (exact) mass is 336 g/mol. The number of benzene rings is 1. The first-order chi connectivity index (χ1) is 9.65. The Morgan fingerprint density at radius 3 is 2.45 bits per heavy atom. The van der Waals surface area contributed by atoms with Crippen molar-refractivity contribution in [2.75, 3.05) is 5.73 Å². The molecule has 0 bridgehead atoms. The van der Waals surface area contributed by atoms with E-state index in [9.17, 15) is 0 Å². The number of ether oxygens (including phenoxy) is 2. The zero-order valence-electron chi connectivity index (χ0n) is 10.7. The predicted octanol–water partition coefficient (Wildman–Crippen LogP) is 3.73. The van der Waals surface area contributed by atoms with Crippen molar-refractivity contribution in [1.29, 1.82) is 0 Å². The molecular formula is C14H13BrN2O3. The van der Waals surface area contributed by atoms with Crippen LogP contribution < -0.4 is 15.2 Å². The number of halogens is 1. The summed E-state index contributed by atoms with van der Waals surface area (Å²) in [6.45, 7) is 0. The maximum atomic E-state index is 6.04. The van der Waals surface area contributed by atoms with Gasteiger partial charge in [-0.3, -0.25) is 0 Å². The first-order valence-corrected chi connectivity index (χ1v) is 7.39. The van der Waals surface area contributed by atoms with Crippen molar-refractivity contribution in [3.63, 3.8) is 0 Å². The van der Waals surface area contributed by atoms with Crippen molar-refractivity contribution < 1.29 is 14.0 Å². The standard InChI is InChI=1S/C14H13BrN2O3/c15-9-6-12-11(18-14(19-12)3-1-2-4-14)5-8(9)10-7-13(16)17-20-10/h5-7H,1-4H2,(H2,16,17). The number of hydrogen-bond acceptors (Lipinski definition) is 5. The van der Waals surface area contributed by atoms with Gasteiger partial charge >= 0.3 is 0 Å². The van der Waals surface area contributed by atoms with Crippen molar-refractivity contribution in [2.45, 2.75) is 31.5 Å². The van der Waals surface area contributed by atoms with Crippen LogP contribution in [0.2, 0.25) is 0 Å². The third kappa shape index (κ3) is 1.78. The van der Waals surface area contributed by atoms with Gasteiger partial charge < -0.3 is 19.7 Å². The van der Waals surface area contributed by atoms with Gasteiger partial charge in [-0.2, -0.15) is 0 Å². The summed E-state index contributed by atoms with van der Waals surface area (Å²) >= 11 is 3.53. The van der Waals surface area contributed by atoms with Crippen LogP contribution in [-0.2, 0) is 0 Å². The van der Waals surface area contributed by atoms with Gasteiger partial charge in [0, 0.05) is 28.9 Å². The fourth-order valence-electron chi connectivity index (χ4n) is 2.84. The van der Waals surface area contributed by atoms with Gasteiger partial charge in [0.1, 0.15) is 0 Å². The number of nitrogens with two attached hydrogens (primary N) is 1. The van der Waals surface area contributed by atoms with E-state index in [1.165, 1.54) is 0 Å². The van der Waals surface area contributed by atoms with Gasteiger partial charge in [-0.05, 0) is 40.9 Å². The molecule has 4 rings (SSSR count). The Labute approximate surface area is 124 Å². The van der Waals surface area contributed by atoms with Crippen molar-refractivity contribution >= 4 is 21.7 Å². The molecule has 20 heavy (non-hydrogen) atoms. The smallest absolute Gasteiger partial charge is 0.251 e. The van der Waals surface area contributed by atoms with E-state index in [1.807, 2.05) is 12.1 Å². The summed E-state index contributed by atoms with van der Waals surface area (Å²) in [5, 5.41) is 3.71. The largest absolute Gasteiger partial charge is 0.448 e. The molecule has 0 amide bonds. The molecule has 2 aliphatic rings. The van der Waals surface area contributed by atoms with Crippen LogP contribution in [0.25, 0.3) is 11.3 Å². The fourth-order valence-corrected chi connectivity index (χ4v) is 3.36. The van der Waals surface area contributed by atoms with Gasteiger partial charge in [-0.25, -0.2) is 0 Å². The molecule has 104 valence electrons. The van der Waals surface area contributed by atoms with Gasteiger partial charge in [0.05, 0.1) is 0 Å². The number of fused-ring (bicyclic) bond motifs is 1. The molecule has 1 aliphatic carbocycles. The summed E-state index contributed by atoms with van der Waals surface area (Å²) in [7, 11) is 0. The maximum Gasteiger partial charge on any atom is 0.251 e. The molecule has 0 saturated heterocycles. The molecule has 2 aromatic rings. The van der Waals surface area contributed by atoms with E-state index in [1.54, 1.807) is 6.07 Å². The molecule has 1 aliphatic heterocycles. The summed E-state index contributed by atoms with van der Waals surface area (Å²) < 4.78 is 18.1. The van der Waals surface area contributed by atoms with Crippen molar-refractivity contribution in [2.24, 2.45) is 0 Å². The van der Waals surface area contributed by atoms with Crippen molar-refractivity contribution in [3.05, 3.63) is 22.7 Å². The van der Waals surface area contributed by atoms with Crippen LogP contribution in [-0.4, -0.2) is 10.9 Å². The quantitative estimate of drug-likeness (QED) is 0.859. The summed E-state index contributed by atoms with van der Waals surface area (Å²) in [6, 6.07) is 5.51. The lowest BCUT2D eigenvalue weighted by Crippen LogP contribution is -2.34. The Bertz CT molecular complexity index is 677. The minimum atomic E-state index is -0.458. The third-order valence-electron chi connectivity index (χ3n) is 3.78. The highest BCUT2D eigenvalue weighted by atomic mass is 79.9.